The van der Waals surface area contributed by atoms with Gasteiger partial charge in [-0.2, -0.15) is 0 Å². The van der Waals surface area contributed by atoms with Crippen LogP contribution in [0.2, 0.25) is 0 Å². The van der Waals surface area contributed by atoms with Crippen LogP contribution in [0.15, 0.2) is 47.4 Å². The second kappa shape index (κ2) is 6.84. The van der Waals surface area contributed by atoms with E-state index in [0.29, 0.717) is 24.2 Å². The molecule has 132 valence electrons. The molecule has 0 saturated carbocycles. The molecule has 0 unspecified atom stereocenters. The van der Waals surface area contributed by atoms with Gasteiger partial charge in [0.05, 0.1) is 11.3 Å². The summed E-state index contributed by atoms with van der Waals surface area (Å²) in [6, 6.07) is 10.1. The lowest BCUT2D eigenvalue weighted by atomic mass is 10.1. The number of aryl methyl sites for hydroxylation is 1. The maximum absolute atomic E-state index is 13.9. The average molecular weight is 362 g/mol. The minimum Gasteiger partial charge on any atom is -0.339 e. The van der Waals surface area contributed by atoms with E-state index in [0.717, 1.165) is 18.9 Å². The van der Waals surface area contributed by atoms with Crippen LogP contribution in [-0.4, -0.2) is 32.3 Å². The van der Waals surface area contributed by atoms with Gasteiger partial charge in [-0.15, -0.1) is 0 Å². The number of halogens is 1. The van der Waals surface area contributed by atoms with Crippen LogP contribution in [0.5, 0.6) is 0 Å². The molecular formula is C18H19FN2O3S. The molecule has 1 heterocycles. The Morgan fingerprint density at radius 3 is 2.44 bits per heavy atom. The molecule has 5 nitrogen and oxygen atoms in total. The van der Waals surface area contributed by atoms with Gasteiger partial charge < -0.3 is 4.90 Å². The minimum absolute atomic E-state index is 0.167. The van der Waals surface area contributed by atoms with Crippen molar-refractivity contribution in [1.29, 1.82) is 0 Å². The highest BCUT2D eigenvalue weighted by atomic mass is 32.2. The lowest BCUT2D eigenvalue weighted by Gasteiger charge is -2.20. The molecule has 0 aliphatic carbocycles. The molecule has 1 aliphatic heterocycles. The SMILES string of the molecule is Cc1cccc(NS(=O)(=O)c2ccccc2F)c1C(=O)N1CCCC1. The van der Waals surface area contributed by atoms with Crippen molar-refractivity contribution in [1.82, 2.24) is 4.90 Å². The van der Waals surface area contributed by atoms with E-state index in [9.17, 15) is 17.6 Å². The summed E-state index contributed by atoms with van der Waals surface area (Å²) < 4.78 is 41.4. The van der Waals surface area contributed by atoms with Crippen LogP contribution in [0, 0.1) is 12.7 Å². The predicted octanol–water partition coefficient (Wildman–Crippen LogP) is 3.17. The van der Waals surface area contributed by atoms with Crippen LogP contribution in [0.3, 0.4) is 0 Å². The molecule has 2 aromatic rings. The Balaban J connectivity index is 1.99. The third kappa shape index (κ3) is 3.51. The number of amides is 1. The van der Waals surface area contributed by atoms with Gasteiger partial charge in [0.15, 0.2) is 0 Å². The van der Waals surface area contributed by atoms with Gasteiger partial charge in [0, 0.05) is 13.1 Å². The molecule has 0 radical (unpaired) electrons. The van der Waals surface area contributed by atoms with Crippen molar-refractivity contribution in [2.24, 2.45) is 0 Å². The number of hydrogen-bond acceptors (Lipinski definition) is 3. The highest BCUT2D eigenvalue weighted by Gasteiger charge is 2.26. The van der Waals surface area contributed by atoms with Crippen molar-refractivity contribution < 1.29 is 17.6 Å². The van der Waals surface area contributed by atoms with Gasteiger partial charge in [0.2, 0.25) is 0 Å². The number of carbonyl (C=O) groups excluding carboxylic acids is 1. The van der Waals surface area contributed by atoms with E-state index < -0.39 is 20.7 Å². The molecule has 3 rings (SSSR count). The fourth-order valence-electron chi connectivity index (χ4n) is 2.98. The lowest BCUT2D eigenvalue weighted by Crippen LogP contribution is -2.29. The molecule has 2 aromatic carbocycles. The molecule has 1 saturated heterocycles. The van der Waals surface area contributed by atoms with Crippen molar-refractivity contribution in [3.8, 4) is 0 Å². The first kappa shape index (κ1) is 17.4. The number of nitrogens with one attached hydrogen (secondary N) is 1. The van der Waals surface area contributed by atoms with Crippen molar-refractivity contribution in [2.45, 2.75) is 24.7 Å². The molecule has 1 fully saturated rings. The Kier molecular flexibility index (Phi) is 4.76. The summed E-state index contributed by atoms with van der Waals surface area (Å²) in [5.41, 5.74) is 1.15. The van der Waals surface area contributed by atoms with Gasteiger partial charge in [0.25, 0.3) is 15.9 Å². The van der Waals surface area contributed by atoms with Crippen LogP contribution in [0.1, 0.15) is 28.8 Å². The Morgan fingerprint density at radius 2 is 1.76 bits per heavy atom. The van der Waals surface area contributed by atoms with Crippen LogP contribution in [0.25, 0.3) is 0 Å². The second-order valence-electron chi connectivity index (χ2n) is 6.03. The molecule has 7 heteroatoms. The van der Waals surface area contributed by atoms with Crippen molar-refractivity contribution >= 4 is 21.6 Å². The highest BCUT2D eigenvalue weighted by molar-refractivity contribution is 7.92. The van der Waals surface area contributed by atoms with Gasteiger partial charge >= 0.3 is 0 Å². The number of hydrogen-bond donors (Lipinski definition) is 1. The van der Waals surface area contributed by atoms with Crippen molar-refractivity contribution in [3.05, 3.63) is 59.4 Å². The Bertz CT molecular complexity index is 906. The van der Waals surface area contributed by atoms with E-state index in [2.05, 4.69) is 4.72 Å². The largest absolute Gasteiger partial charge is 0.339 e. The Morgan fingerprint density at radius 1 is 1.08 bits per heavy atom. The number of carbonyl (C=O) groups is 1. The summed E-state index contributed by atoms with van der Waals surface area (Å²) in [4.78, 5) is 14.1. The summed E-state index contributed by atoms with van der Waals surface area (Å²) in [7, 11) is -4.14. The summed E-state index contributed by atoms with van der Waals surface area (Å²) in [5.74, 6) is -1.04. The van der Waals surface area contributed by atoms with Gasteiger partial charge in [-0.25, -0.2) is 12.8 Å². The lowest BCUT2D eigenvalue weighted by molar-refractivity contribution is 0.0793. The van der Waals surface area contributed by atoms with E-state index in [4.69, 9.17) is 0 Å². The Labute approximate surface area is 146 Å². The monoisotopic (exact) mass is 362 g/mol. The molecule has 1 N–H and O–H groups in total. The van der Waals surface area contributed by atoms with Crippen LogP contribution in [-0.2, 0) is 10.0 Å². The van der Waals surface area contributed by atoms with Gasteiger partial charge in [-0.05, 0) is 43.5 Å². The van der Waals surface area contributed by atoms with E-state index in [1.807, 2.05) is 0 Å². The maximum Gasteiger partial charge on any atom is 0.264 e. The molecule has 1 amide bonds. The average Bonchev–Trinajstić information content (AvgIpc) is 3.09. The van der Waals surface area contributed by atoms with E-state index >= 15 is 0 Å². The van der Waals surface area contributed by atoms with E-state index in [-0.39, 0.29) is 11.6 Å². The van der Waals surface area contributed by atoms with Crippen molar-refractivity contribution in [3.63, 3.8) is 0 Å². The predicted molar refractivity (Wildman–Crippen MR) is 93.5 cm³/mol. The van der Waals surface area contributed by atoms with Crippen LogP contribution in [0.4, 0.5) is 10.1 Å². The number of sulfonamides is 1. The number of rotatable bonds is 4. The smallest absolute Gasteiger partial charge is 0.264 e. The maximum atomic E-state index is 13.9. The third-order valence-corrected chi connectivity index (χ3v) is 5.65. The minimum atomic E-state index is -4.14. The number of benzene rings is 2. The first-order valence-electron chi connectivity index (χ1n) is 8.06. The topological polar surface area (TPSA) is 66.5 Å². The zero-order valence-electron chi connectivity index (χ0n) is 13.8. The van der Waals surface area contributed by atoms with E-state index in [1.54, 1.807) is 24.0 Å². The molecule has 0 atom stereocenters. The molecule has 25 heavy (non-hydrogen) atoms. The highest BCUT2D eigenvalue weighted by Crippen LogP contribution is 2.26. The summed E-state index contributed by atoms with van der Waals surface area (Å²) in [6.45, 7) is 3.07. The molecule has 0 spiro atoms. The zero-order chi connectivity index (χ0) is 18.0. The van der Waals surface area contributed by atoms with Gasteiger partial charge in [-0.3, -0.25) is 9.52 Å². The summed E-state index contributed by atoms with van der Waals surface area (Å²) >= 11 is 0. The van der Waals surface area contributed by atoms with Crippen LogP contribution >= 0.6 is 0 Å². The number of nitrogens with zero attached hydrogens (tertiary/aromatic N) is 1. The first-order chi connectivity index (χ1) is 11.9. The summed E-state index contributed by atoms with van der Waals surface area (Å²) in [6.07, 6.45) is 1.88. The Hall–Kier alpha value is -2.41. The quantitative estimate of drug-likeness (QED) is 0.908. The van der Waals surface area contributed by atoms with Gasteiger partial charge in [0.1, 0.15) is 10.7 Å². The standard InChI is InChI=1S/C18H19FN2O3S/c1-13-7-6-9-15(17(13)18(22)21-11-4-5-12-21)20-25(23,24)16-10-3-2-8-14(16)19/h2-3,6-10,20H,4-5,11-12H2,1H3. The fraction of sp³-hybridized carbons (Fsp3) is 0.278. The molecule has 0 bridgehead atoms. The molecule has 1 aliphatic rings. The number of anilines is 1. The summed E-state index contributed by atoms with van der Waals surface area (Å²) in [5, 5.41) is 0. The van der Waals surface area contributed by atoms with Crippen LogP contribution < -0.4 is 4.72 Å². The first-order valence-corrected chi connectivity index (χ1v) is 9.55. The zero-order valence-corrected chi connectivity index (χ0v) is 14.6. The normalized spacial score (nSPS) is 14.6. The fourth-order valence-corrected chi connectivity index (χ4v) is 4.13. The molecular weight excluding hydrogens is 343 g/mol. The van der Waals surface area contributed by atoms with Crippen molar-refractivity contribution in [2.75, 3.05) is 17.8 Å². The second-order valence-corrected chi connectivity index (χ2v) is 7.68. The number of likely N-dealkylation sites (tertiary alicyclic amines) is 1. The van der Waals surface area contributed by atoms with Gasteiger partial charge in [-0.1, -0.05) is 24.3 Å². The molecule has 0 aromatic heterocycles. The third-order valence-electron chi connectivity index (χ3n) is 4.25. The van der Waals surface area contributed by atoms with E-state index in [1.165, 1.54) is 24.3 Å².